The zero-order valence-electron chi connectivity index (χ0n) is 9.87. The van der Waals surface area contributed by atoms with E-state index in [2.05, 4.69) is 15.9 Å². The van der Waals surface area contributed by atoms with Crippen LogP contribution in [-0.4, -0.2) is 21.8 Å². The van der Waals surface area contributed by atoms with E-state index >= 15 is 0 Å². The van der Waals surface area contributed by atoms with E-state index in [1.54, 1.807) is 0 Å². The SMILES string of the molecule is CC(=O)C(Br)c1cc([N+](=O)[O-])ccc1C=CC(=O)O. The summed E-state index contributed by atoms with van der Waals surface area (Å²) < 4.78 is 0. The molecular formula is C12H10BrNO5. The molecule has 0 aromatic heterocycles. The summed E-state index contributed by atoms with van der Waals surface area (Å²) in [6, 6.07) is 3.91. The third-order valence-corrected chi connectivity index (χ3v) is 3.45. The first kappa shape index (κ1) is 15.0. The Bertz CT molecular complexity index is 567. The lowest BCUT2D eigenvalue weighted by atomic mass is 10.0. The maximum Gasteiger partial charge on any atom is 0.328 e. The summed E-state index contributed by atoms with van der Waals surface area (Å²) in [6.45, 7) is 1.34. The second-order valence-electron chi connectivity index (χ2n) is 3.72. The highest BCUT2D eigenvalue weighted by Crippen LogP contribution is 2.30. The third kappa shape index (κ3) is 3.99. The van der Waals surface area contributed by atoms with Crippen molar-refractivity contribution in [3.8, 4) is 0 Å². The second kappa shape index (κ2) is 6.24. The molecule has 0 radical (unpaired) electrons. The number of non-ortho nitro benzene ring substituents is 1. The first-order valence-corrected chi connectivity index (χ1v) is 6.08. The minimum absolute atomic E-state index is 0.159. The molecule has 6 nitrogen and oxygen atoms in total. The average molecular weight is 328 g/mol. The molecule has 0 fully saturated rings. The monoisotopic (exact) mass is 327 g/mol. The molecule has 0 bridgehead atoms. The largest absolute Gasteiger partial charge is 0.478 e. The summed E-state index contributed by atoms with van der Waals surface area (Å²) in [5, 5.41) is 19.3. The number of carbonyl (C=O) groups excluding carboxylic acids is 1. The number of hydrogen-bond acceptors (Lipinski definition) is 4. The van der Waals surface area contributed by atoms with Crippen molar-refractivity contribution in [2.75, 3.05) is 0 Å². The zero-order chi connectivity index (χ0) is 14.6. The topological polar surface area (TPSA) is 97.5 Å². The summed E-state index contributed by atoms with van der Waals surface area (Å²) in [4.78, 5) is 31.3. The molecule has 7 heteroatoms. The Morgan fingerprint density at radius 3 is 2.58 bits per heavy atom. The molecule has 0 saturated carbocycles. The molecule has 0 aliphatic heterocycles. The average Bonchev–Trinajstić information content (AvgIpc) is 2.34. The van der Waals surface area contributed by atoms with Gasteiger partial charge in [0, 0.05) is 18.2 Å². The Kier molecular flexibility index (Phi) is 4.94. The van der Waals surface area contributed by atoms with Gasteiger partial charge in [0.25, 0.3) is 5.69 Å². The molecule has 1 aromatic carbocycles. The van der Waals surface area contributed by atoms with Crippen molar-refractivity contribution in [3.63, 3.8) is 0 Å². The van der Waals surface area contributed by atoms with E-state index < -0.39 is 15.7 Å². The number of rotatable bonds is 5. The fraction of sp³-hybridized carbons (Fsp3) is 0.167. The Hall–Kier alpha value is -2.02. The van der Waals surface area contributed by atoms with E-state index in [1.165, 1.54) is 31.2 Å². The number of benzene rings is 1. The molecule has 0 amide bonds. The number of aliphatic carboxylic acids is 1. The normalized spacial score (nSPS) is 12.3. The van der Waals surface area contributed by atoms with Crippen LogP contribution in [0.25, 0.3) is 6.08 Å². The maximum absolute atomic E-state index is 11.4. The summed E-state index contributed by atoms with van der Waals surface area (Å²) in [5.41, 5.74) is 0.637. The minimum atomic E-state index is -1.14. The van der Waals surface area contributed by atoms with Crippen LogP contribution in [0.1, 0.15) is 22.9 Å². The number of carbonyl (C=O) groups is 2. The highest BCUT2D eigenvalue weighted by Gasteiger charge is 2.19. The van der Waals surface area contributed by atoms with E-state index in [9.17, 15) is 19.7 Å². The van der Waals surface area contributed by atoms with Crippen LogP contribution in [0.4, 0.5) is 5.69 Å². The fourth-order valence-corrected chi connectivity index (χ4v) is 1.82. The van der Waals surface area contributed by atoms with Gasteiger partial charge in [-0.3, -0.25) is 14.9 Å². The number of Topliss-reactive ketones (excluding diaryl/α,β-unsaturated/α-hetero) is 1. The standard InChI is InChI=1S/C12H10BrNO5/c1-7(15)12(13)10-6-9(14(18)19)4-2-8(10)3-5-11(16)17/h2-6,12H,1H3,(H,16,17). The van der Waals surface area contributed by atoms with Crippen molar-refractivity contribution >= 4 is 39.4 Å². The van der Waals surface area contributed by atoms with Gasteiger partial charge in [0.15, 0.2) is 0 Å². The number of carboxylic acid groups (broad SMARTS) is 1. The van der Waals surface area contributed by atoms with Gasteiger partial charge < -0.3 is 5.11 Å². The lowest BCUT2D eigenvalue weighted by Gasteiger charge is -2.10. The van der Waals surface area contributed by atoms with E-state index in [0.29, 0.717) is 11.1 Å². The molecular weight excluding hydrogens is 318 g/mol. The first-order valence-electron chi connectivity index (χ1n) is 5.16. The molecule has 1 unspecified atom stereocenters. The highest BCUT2D eigenvalue weighted by molar-refractivity contribution is 9.09. The van der Waals surface area contributed by atoms with Crippen LogP contribution in [0.15, 0.2) is 24.3 Å². The van der Waals surface area contributed by atoms with Gasteiger partial charge in [0.1, 0.15) is 5.78 Å². The maximum atomic E-state index is 11.4. The van der Waals surface area contributed by atoms with E-state index in [4.69, 9.17) is 5.11 Å². The van der Waals surface area contributed by atoms with Crippen molar-refractivity contribution in [2.24, 2.45) is 0 Å². The van der Waals surface area contributed by atoms with Crippen LogP contribution in [0, 0.1) is 10.1 Å². The Labute approximate surface area is 117 Å². The lowest BCUT2D eigenvalue weighted by molar-refractivity contribution is -0.384. The van der Waals surface area contributed by atoms with Crippen molar-refractivity contribution in [2.45, 2.75) is 11.8 Å². The molecule has 0 aliphatic rings. The lowest BCUT2D eigenvalue weighted by Crippen LogP contribution is -2.04. The summed E-state index contributed by atoms with van der Waals surface area (Å²) >= 11 is 3.14. The van der Waals surface area contributed by atoms with Crippen molar-refractivity contribution in [1.82, 2.24) is 0 Å². The zero-order valence-corrected chi connectivity index (χ0v) is 11.5. The van der Waals surface area contributed by atoms with Gasteiger partial charge in [0.05, 0.1) is 9.75 Å². The molecule has 1 rings (SSSR count). The number of halogens is 1. The molecule has 1 aromatic rings. The number of nitro benzene ring substituents is 1. The van der Waals surface area contributed by atoms with Gasteiger partial charge in [0.2, 0.25) is 0 Å². The Morgan fingerprint density at radius 2 is 2.11 bits per heavy atom. The van der Waals surface area contributed by atoms with Gasteiger partial charge in [-0.25, -0.2) is 4.79 Å². The van der Waals surface area contributed by atoms with E-state index in [0.717, 1.165) is 6.08 Å². The predicted molar refractivity (Wildman–Crippen MR) is 72.1 cm³/mol. The molecule has 0 aliphatic carbocycles. The van der Waals surface area contributed by atoms with Gasteiger partial charge >= 0.3 is 5.97 Å². The van der Waals surface area contributed by atoms with E-state index in [1.807, 2.05) is 0 Å². The quantitative estimate of drug-likeness (QED) is 0.388. The number of hydrogen-bond donors (Lipinski definition) is 1. The second-order valence-corrected chi connectivity index (χ2v) is 4.63. The van der Waals surface area contributed by atoms with Crippen molar-refractivity contribution in [3.05, 3.63) is 45.5 Å². The van der Waals surface area contributed by atoms with Crippen LogP contribution in [0.2, 0.25) is 0 Å². The fourth-order valence-electron chi connectivity index (χ4n) is 1.43. The van der Waals surface area contributed by atoms with Gasteiger partial charge in [-0.05, 0) is 30.2 Å². The van der Waals surface area contributed by atoms with Gasteiger partial charge in [-0.2, -0.15) is 0 Å². The smallest absolute Gasteiger partial charge is 0.328 e. The molecule has 0 heterocycles. The number of nitrogens with zero attached hydrogens (tertiary/aromatic N) is 1. The summed E-state index contributed by atoms with van der Waals surface area (Å²) in [5.74, 6) is -1.37. The molecule has 100 valence electrons. The van der Waals surface area contributed by atoms with Crippen LogP contribution in [0.3, 0.4) is 0 Å². The molecule has 1 N–H and O–H groups in total. The number of alkyl halides is 1. The van der Waals surface area contributed by atoms with Gasteiger partial charge in [-0.15, -0.1) is 0 Å². The Morgan fingerprint density at radius 1 is 1.47 bits per heavy atom. The highest BCUT2D eigenvalue weighted by atomic mass is 79.9. The molecule has 0 saturated heterocycles. The number of carboxylic acids is 1. The van der Waals surface area contributed by atoms with E-state index in [-0.39, 0.29) is 11.5 Å². The molecule has 1 atom stereocenters. The van der Waals surface area contributed by atoms with Crippen LogP contribution in [-0.2, 0) is 9.59 Å². The first-order chi connectivity index (χ1) is 8.82. The van der Waals surface area contributed by atoms with Crippen LogP contribution >= 0.6 is 15.9 Å². The Balaban J connectivity index is 3.34. The number of nitro groups is 1. The summed E-state index contributed by atoms with van der Waals surface area (Å²) in [6.07, 6.45) is 2.20. The van der Waals surface area contributed by atoms with Crippen LogP contribution in [0.5, 0.6) is 0 Å². The number of ketones is 1. The predicted octanol–water partition coefficient (Wildman–Crippen LogP) is 2.72. The molecule has 19 heavy (non-hydrogen) atoms. The summed E-state index contributed by atoms with van der Waals surface area (Å²) in [7, 11) is 0. The van der Waals surface area contributed by atoms with Gasteiger partial charge in [-0.1, -0.05) is 15.9 Å². The van der Waals surface area contributed by atoms with Crippen LogP contribution < -0.4 is 0 Å². The van der Waals surface area contributed by atoms with Crippen molar-refractivity contribution < 1.29 is 19.6 Å². The molecule has 0 spiro atoms. The van der Waals surface area contributed by atoms with Crippen molar-refractivity contribution in [1.29, 1.82) is 0 Å². The minimum Gasteiger partial charge on any atom is -0.478 e. The third-order valence-electron chi connectivity index (χ3n) is 2.32.